The van der Waals surface area contributed by atoms with Gasteiger partial charge in [0.2, 0.25) is 0 Å². The topological polar surface area (TPSA) is 70.8 Å². The summed E-state index contributed by atoms with van der Waals surface area (Å²) < 4.78 is 0. The molecule has 0 aliphatic carbocycles. The summed E-state index contributed by atoms with van der Waals surface area (Å²) in [6.45, 7) is 3.15. The third kappa shape index (κ3) is 2.23. The lowest BCUT2D eigenvalue weighted by molar-refractivity contribution is 0.274. The summed E-state index contributed by atoms with van der Waals surface area (Å²) in [4.78, 5) is 2.40. The molecule has 0 atom stereocenters. The summed E-state index contributed by atoms with van der Waals surface area (Å²) in [5.41, 5.74) is 6.55. The number of aromatic nitrogens is 3. The van der Waals surface area contributed by atoms with Crippen LogP contribution in [0.15, 0.2) is 0 Å². The average molecular weight is 195 g/mol. The van der Waals surface area contributed by atoms with Crippen molar-refractivity contribution in [3.63, 3.8) is 0 Å². The first-order chi connectivity index (χ1) is 6.86. The highest BCUT2D eigenvalue weighted by Crippen LogP contribution is 2.13. The van der Waals surface area contributed by atoms with Gasteiger partial charge < -0.3 is 5.73 Å². The number of nitrogens with one attached hydrogen (secondary N) is 1. The SMILES string of the molecule is Nc1n[nH]nc1CN1CCCCCC1. The number of nitrogen functional groups attached to an aromatic ring is 1. The summed E-state index contributed by atoms with van der Waals surface area (Å²) >= 11 is 0. The van der Waals surface area contributed by atoms with Gasteiger partial charge in [-0.25, -0.2) is 0 Å². The number of rotatable bonds is 2. The molecule has 1 aromatic heterocycles. The van der Waals surface area contributed by atoms with Crippen molar-refractivity contribution in [3.05, 3.63) is 5.69 Å². The van der Waals surface area contributed by atoms with Gasteiger partial charge in [-0.15, -0.1) is 5.10 Å². The van der Waals surface area contributed by atoms with Crippen molar-refractivity contribution >= 4 is 5.82 Å². The lowest BCUT2D eigenvalue weighted by Gasteiger charge is -2.17. The summed E-state index contributed by atoms with van der Waals surface area (Å²) in [6.07, 6.45) is 5.28. The molecule has 2 rings (SSSR count). The molecule has 5 heteroatoms. The second-order valence-corrected chi connectivity index (χ2v) is 3.85. The van der Waals surface area contributed by atoms with Crippen molar-refractivity contribution in [2.75, 3.05) is 18.8 Å². The zero-order valence-corrected chi connectivity index (χ0v) is 8.37. The Hall–Kier alpha value is -1.10. The minimum absolute atomic E-state index is 0.536. The standard InChI is InChI=1S/C9H17N5/c10-9-8(11-13-12-9)7-14-5-3-1-2-4-6-14/h1-7H2,(H3,10,11,12,13). The van der Waals surface area contributed by atoms with Crippen LogP contribution in [0, 0.1) is 0 Å². The van der Waals surface area contributed by atoms with Gasteiger partial charge in [-0.1, -0.05) is 12.8 Å². The van der Waals surface area contributed by atoms with Crippen molar-refractivity contribution in [2.24, 2.45) is 0 Å². The minimum Gasteiger partial charge on any atom is -0.381 e. The second-order valence-electron chi connectivity index (χ2n) is 3.85. The quantitative estimate of drug-likeness (QED) is 0.731. The highest BCUT2D eigenvalue weighted by atomic mass is 15.4. The van der Waals surface area contributed by atoms with E-state index in [4.69, 9.17) is 5.73 Å². The maximum Gasteiger partial charge on any atom is 0.170 e. The van der Waals surface area contributed by atoms with Gasteiger partial charge in [0.05, 0.1) is 0 Å². The van der Waals surface area contributed by atoms with E-state index in [1.807, 2.05) is 0 Å². The van der Waals surface area contributed by atoms with E-state index in [0.29, 0.717) is 5.82 Å². The van der Waals surface area contributed by atoms with Gasteiger partial charge in [0, 0.05) is 6.54 Å². The molecule has 1 saturated heterocycles. The molecular weight excluding hydrogens is 178 g/mol. The van der Waals surface area contributed by atoms with E-state index in [1.54, 1.807) is 0 Å². The van der Waals surface area contributed by atoms with Crippen LogP contribution in [0.1, 0.15) is 31.4 Å². The van der Waals surface area contributed by atoms with Gasteiger partial charge in [0.25, 0.3) is 0 Å². The molecule has 3 N–H and O–H groups in total. The number of hydrogen-bond acceptors (Lipinski definition) is 4. The number of aromatic amines is 1. The molecule has 0 aromatic carbocycles. The third-order valence-corrected chi connectivity index (χ3v) is 2.72. The van der Waals surface area contributed by atoms with Gasteiger partial charge in [-0.05, 0) is 25.9 Å². The summed E-state index contributed by atoms with van der Waals surface area (Å²) in [6, 6.07) is 0. The summed E-state index contributed by atoms with van der Waals surface area (Å²) in [5.74, 6) is 0.536. The molecule has 0 saturated carbocycles. The minimum atomic E-state index is 0.536. The number of H-pyrrole nitrogens is 1. The highest BCUT2D eigenvalue weighted by Gasteiger charge is 2.12. The smallest absolute Gasteiger partial charge is 0.170 e. The van der Waals surface area contributed by atoms with Crippen LogP contribution in [0.25, 0.3) is 0 Å². The average Bonchev–Trinajstić information content (AvgIpc) is 2.44. The number of nitrogens with zero attached hydrogens (tertiary/aromatic N) is 3. The Morgan fingerprint density at radius 1 is 1.14 bits per heavy atom. The second kappa shape index (κ2) is 4.41. The Morgan fingerprint density at radius 3 is 2.43 bits per heavy atom. The fourth-order valence-corrected chi connectivity index (χ4v) is 1.88. The summed E-state index contributed by atoms with van der Waals surface area (Å²) in [7, 11) is 0. The molecule has 78 valence electrons. The van der Waals surface area contributed by atoms with Crippen LogP contribution in [0.3, 0.4) is 0 Å². The van der Waals surface area contributed by atoms with Crippen LogP contribution < -0.4 is 5.73 Å². The first-order valence-electron chi connectivity index (χ1n) is 5.24. The fraction of sp³-hybridized carbons (Fsp3) is 0.778. The maximum atomic E-state index is 5.67. The van der Waals surface area contributed by atoms with Gasteiger partial charge in [0.1, 0.15) is 5.69 Å². The van der Waals surface area contributed by atoms with Gasteiger partial charge >= 0.3 is 0 Å². The molecule has 14 heavy (non-hydrogen) atoms. The Kier molecular flexibility index (Phi) is 2.98. The van der Waals surface area contributed by atoms with Crippen LogP contribution >= 0.6 is 0 Å². The monoisotopic (exact) mass is 195 g/mol. The number of nitrogens with two attached hydrogens (primary N) is 1. The van der Waals surface area contributed by atoms with Crippen molar-refractivity contribution < 1.29 is 0 Å². The Morgan fingerprint density at radius 2 is 1.86 bits per heavy atom. The molecular formula is C9H17N5. The van der Waals surface area contributed by atoms with Crippen LogP contribution in [0.5, 0.6) is 0 Å². The molecule has 1 aliphatic rings. The number of anilines is 1. The predicted octanol–water partition coefficient (Wildman–Crippen LogP) is 0.763. The first kappa shape index (κ1) is 9.45. The van der Waals surface area contributed by atoms with Gasteiger partial charge in [-0.3, -0.25) is 4.90 Å². The Labute approximate surface area is 83.7 Å². The van der Waals surface area contributed by atoms with Crippen LogP contribution in [0.4, 0.5) is 5.82 Å². The maximum absolute atomic E-state index is 5.67. The largest absolute Gasteiger partial charge is 0.381 e. The molecule has 5 nitrogen and oxygen atoms in total. The van der Waals surface area contributed by atoms with Gasteiger partial charge in [0.15, 0.2) is 5.82 Å². The number of hydrogen-bond donors (Lipinski definition) is 2. The van der Waals surface area contributed by atoms with E-state index in [2.05, 4.69) is 20.3 Å². The van der Waals surface area contributed by atoms with E-state index in [1.165, 1.54) is 25.7 Å². The van der Waals surface area contributed by atoms with E-state index in [0.717, 1.165) is 25.3 Å². The molecule has 2 heterocycles. The van der Waals surface area contributed by atoms with Crippen molar-refractivity contribution in [1.29, 1.82) is 0 Å². The summed E-state index contributed by atoms with van der Waals surface area (Å²) in [5, 5.41) is 10.4. The van der Waals surface area contributed by atoms with Gasteiger partial charge in [-0.2, -0.15) is 10.3 Å². The van der Waals surface area contributed by atoms with Crippen LogP contribution in [-0.2, 0) is 6.54 Å². The Balaban J connectivity index is 1.92. The van der Waals surface area contributed by atoms with E-state index in [9.17, 15) is 0 Å². The van der Waals surface area contributed by atoms with E-state index >= 15 is 0 Å². The molecule has 0 spiro atoms. The molecule has 0 amide bonds. The first-order valence-corrected chi connectivity index (χ1v) is 5.24. The van der Waals surface area contributed by atoms with Crippen molar-refractivity contribution in [3.8, 4) is 0 Å². The molecule has 1 aromatic rings. The van der Waals surface area contributed by atoms with Crippen molar-refractivity contribution in [1.82, 2.24) is 20.3 Å². The molecule has 0 radical (unpaired) electrons. The van der Waals surface area contributed by atoms with Crippen LogP contribution in [0.2, 0.25) is 0 Å². The molecule has 0 unspecified atom stereocenters. The van der Waals surface area contributed by atoms with Crippen LogP contribution in [-0.4, -0.2) is 33.4 Å². The third-order valence-electron chi connectivity index (χ3n) is 2.72. The number of likely N-dealkylation sites (tertiary alicyclic amines) is 1. The zero-order valence-electron chi connectivity index (χ0n) is 8.37. The Bertz CT molecular complexity index is 274. The highest BCUT2D eigenvalue weighted by molar-refractivity contribution is 5.31. The molecule has 1 fully saturated rings. The van der Waals surface area contributed by atoms with E-state index in [-0.39, 0.29) is 0 Å². The zero-order chi connectivity index (χ0) is 9.80. The lowest BCUT2D eigenvalue weighted by atomic mass is 10.2. The molecule has 1 aliphatic heterocycles. The predicted molar refractivity (Wildman–Crippen MR) is 54.5 cm³/mol. The molecule has 0 bridgehead atoms. The lowest BCUT2D eigenvalue weighted by Crippen LogP contribution is -2.24. The van der Waals surface area contributed by atoms with Crippen molar-refractivity contribution in [2.45, 2.75) is 32.2 Å². The fourth-order valence-electron chi connectivity index (χ4n) is 1.88. The normalized spacial score (nSPS) is 19.4. The van der Waals surface area contributed by atoms with E-state index < -0.39 is 0 Å².